The maximum atomic E-state index is 5.80. The molecule has 4 rings (SSSR count). The summed E-state index contributed by atoms with van der Waals surface area (Å²) in [4.78, 5) is 4.61. The zero-order valence-electron chi connectivity index (χ0n) is 13.8. The third kappa shape index (κ3) is 2.78. The SMILES string of the molecule is COc1cccc(-c2nnc(-c3ccc4cccc(OC)c4n3)o2)c1. The van der Waals surface area contributed by atoms with Crippen molar-refractivity contribution in [2.75, 3.05) is 14.2 Å². The summed E-state index contributed by atoms with van der Waals surface area (Å²) in [6.07, 6.45) is 0. The summed E-state index contributed by atoms with van der Waals surface area (Å²) >= 11 is 0. The second-order valence-corrected chi connectivity index (χ2v) is 5.37. The van der Waals surface area contributed by atoms with E-state index in [1.807, 2.05) is 54.6 Å². The normalized spacial score (nSPS) is 10.8. The van der Waals surface area contributed by atoms with Gasteiger partial charge in [0.15, 0.2) is 0 Å². The summed E-state index contributed by atoms with van der Waals surface area (Å²) in [6, 6.07) is 17.0. The summed E-state index contributed by atoms with van der Waals surface area (Å²) in [7, 11) is 3.24. The fourth-order valence-corrected chi connectivity index (χ4v) is 2.60. The van der Waals surface area contributed by atoms with E-state index in [0.29, 0.717) is 23.2 Å². The van der Waals surface area contributed by atoms with Crippen LogP contribution < -0.4 is 9.47 Å². The van der Waals surface area contributed by atoms with Gasteiger partial charge in [0, 0.05) is 10.9 Å². The number of pyridine rings is 1. The van der Waals surface area contributed by atoms with E-state index in [1.54, 1.807) is 14.2 Å². The Labute approximate surface area is 144 Å². The van der Waals surface area contributed by atoms with Crippen molar-refractivity contribution in [3.05, 3.63) is 54.6 Å². The molecule has 2 aromatic heterocycles. The summed E-state index contributed by atoms with van der Waals surface area (Å²) in [5.41, 5.74) is 2.14. The number of aromatic nitrogens is 3. The van der Waals surface area contributed by atoms with Crippen LogP contribution in [0.15, 0.2) is 59.0 Å². The zero-order chi connectivity index (χ0) is 17.2. The molecule has 0 unspecified atom stereocenters. The van der Waals surface area contributed by atoms with Crippen molar-refractivity contribution >= 4 is 10.9 Å². The van der Waals surface area contributed by atoms with Gasteiger partial charge >= 0.3 is 0 Å². The molecule has 0 radical (unpaired) electrons. The minimum atomic E-state index is 0.352. The number of rotatable bonds is 4. The molecule has 124 valence electrons. The van der Waals surface area contributed by atoms with Gasteiger partial charge in [-0.3, -0.25) is 0 Å². The average Bonchev–Trinajstić information content (AvgIpc) is 3.17. The predicted molar refractivity (Wildman–Crippen MR) is 93.6 cm³/mol. The molecule has 2 aromatic carbocycles. The lowest BCUT2D eigenvalue weighted by molar-refractivity contribution is 0.415. The van der Waals surface area contributed by atoms with Gasteiger partial charge < -0.3 is 13.9 Å². The Morgan fingerprint density at radius 2 is 1.68 bits per heavy atom. The van der Waals surface area contributed by atoms with Crippen molar-refractivity contribution in [2.24, 2.45) is 0 Å². The van der Waals surface area contributed by atoms with Crippen molar-refractivity contribution < 1.29 is 13.9 Å². The zero-order valence-corrected chi connectivity index (χ0v) is 13.8. The van der Waals surface area contributed by atoms with Crippen molar-refractivity contribution in [2.45, 2.75) is 0 Å². The second-order valence-electron chi connectivity index (χ2n) is 5.37. The topological polar surface area (TPSA) is 70.3 Å². The van der Waals surface area contributed by atoms with E-state index in [0.717, 1.165) is 22.2 Å². The highest BCUT2D eigenvalue weighted by Gasteiger charge is 2.13. The third-order valence-corrected chi connectivity index (χ3v) is 3.86. The van der Waals surface area contributed by atoms with Crippen molar-refractivity contribution in [1.29, 1.82) is 0 Å². The molecule has 0 bridgehead atoms. The molecule has 6 nitrogen and oxygen atoms in total. The molecular formula is C19H15N3O3. The van der Waals surface area contributed by atoms with E-state index in [2.05, 4.69) is 15.2 Å². The van der Waals surface area contributed by atoms with Crippen molar-refractivity contribution in [3.8, 4) is 34.5 Å². The van der Waals surface area contributed by atoms with Crippen LogP contribution in [-0.4, -0.2) is 29.4 Å². The van der Waals surface area contributed by atoms with Gasteiger partial charge in [-0.25, -0.2) is 4.98 Å². The molecular weight excluding hydrogens is 318 g/mol. The highest BCUT2D eigenvalue weighted by atomic mass is 16.5. The minimum absolute atomic E-state index is 0.352. The van der Waals surface area contributed by atoms with Crippen LogP contribution >= 0.6 is 0 Å². The molecule has 0 saturated carbocycles. The summed E-state index contributed by atoms with van der Waals surface area (Å²) < 4.78 is 16.4. The van der Waals surface area contributed by atoms with E-state index in [9.17, 15) is 0 Å². The molecule has 0 saturated heterocycles. The van der Waals surface area contributed by atoms with Crippen molar-refractivity contribution in [1.82, 2.24) is 15.2 Å². The van der Waals surface area contributed by atoms with Crippen LogP contribution in [0.4, 0.5) is 0 Å². The Bertz CT molecular complexity index is 1040. The lowest BCUT2D eigenvalue weighted by Gasteiger charge is -2.05. The van der Waals surface area contributed by atoms with Gasteiger partial charge in [-0.2, -0.15) is 0 Å². The Kier molecular flexibility index (Phi) is 3.78. The molecule has 6 heteroatoms. The highest BCUT2D eigenvalue weighted by molar-refractivity contribution is 5.86. The fourth-order valence-electron chi connectivity index (χ4n) is 2.60. The Morgan fingerprint density at radius 1 is 0.840 bits per heavy atom. The Hall–Kier alpha value is -3.41. The van der Waals surface area contributed by atoms with Gasteiger partial charge in [0.25, 0.3) is 5.89 Å². The minimum Gasteiger partial charge on any atom is -0.497 e. The smallest absolute Gasteiger partial charge is 0.266 e. The van der Waals surface area contributed by atoms with Crippen molar-refractivity contribution in [3.63, 3.8) is 0 Å². The number of para-hydroxylation sites is 1. The molecule has 2 heterocycles. The lowest BCUT2D eigenvalue weighted by atomic mass is 10.2. The standard InChI is InChI=1S/C19H15N3O3/c1-23-14-7-3-6-13(11-14)18-21-22-19(25-18)15-10-9-12-5-4-8-16(24-2)17(12)20-15/h3-11H,1-2H3. The van der Waals surface area contributed by atoms with E-state index < -0.39 is 0 Å². The third-order valence-electron chi connectivity index (χ3n) is 3.86. The van der Waals surface area contributed by atoms with Crippen LogP contribution in [0.2, 0.25) is 0 Å². The number of nitrogens with zero attached hydrogens (tertiary/aromatic N) is 3. The van der Waals surface area contributed by atoms with Gasteiger partial charge in [0.05, 0.1) is 14.2 Å². The maximum Gasteiger partial charge on any atom is 0.266 e. The van der Waals surface area contributed by atoms with E-state index in [4.69, 9.17) is 13.9 Å². The molecule has 0 atom stereocenters. The first kappa shape index (κ1) is 15.1. The number of methoxy groups -OCH3 is 2. The highest BCUT2D eigenvalue weighted by Crippen LogP contribution is 2.29. The first-order valence-electron chi connectivity index (χ1n) is 7.70. The quantitative estimate of drug-likeness (QED) is 0.563. The lowest BCUT2D eigenvalue weighted by Crippen LogP contribution is -1.90. The number of fused-ring (bicyclic) bond motifs is 1. The largest absolute Gasteiger partial charge is 0.497 e. The molecule has 0 aliphatic carbocycles. The van der Waals surface area contributed by atoms with Crippen LogP contribution in [0.1, 0.15) is 0 Å². The molecule has 0 N–H and O–H groups in total. The maximum absolute atomic E-state index is 5.80. The molecule has 0 aliphatic rings. The molecule has 0 spiro atoms. The van der Waals surface area contributed by atoms with Crippen LogP contribution in [0.5, 0.6) is 11.5 Å². The fraction of sp³-hybridized carbons (Fsp3) is 0.105. The predicted octanol–water partition coefficient (Wildman–Crippen LogP) is 3.97. The Balaban J connectivity index is 1.76. The van der Waals surface area contributed by atoms with E-state index in [-0.39, 0.29) is 0 Å². The molecule has 0 aliphatic heterocycles. The van der Waals surface area contributed by atoms with Crippen LogP contribution in [0.3, 0.4) is 0 Å². The number of benzene rings is 2. The van der Waals surface area contributed by atoms with Gasteiger partial charge in [-0.1, -0.05) is 24.3 Å². The molecule has 25 heavy (non-hydrogen) atoms. The van der Waals surface area contributed by atoms with Crippen LogP contribution in [-0.2, 0) is 0 Å². The first-order chi connectivity index (χ1) is 12.3. The molecule has 0 amide bonds. The van der Waals surface area contributed by atoms with E-state index >= 15 is 0 Å². The second kappa shape index (κ2) is 6.24. The average molecular weight is 333 g/mol. The summed E-state index contributed by atoms with van der Waals surface area (Å²) in [5.74, 6) is 2.19. The molecule has 0 fully saturated rings. The van der Waals surface area contributed by atoms with Gasteiger partial charge in [-0.05, 0) is 30.3 Å². The van der Waals surface area contributed by atoms with E-state index in [1.165, 1.54) is 0 Å². The van der Waals surface area contributed by atoms with Gasteiger partial charge in [-0.15, -0.1) is 10.2 Å². The van der Waals surface area contributed by atoms with Crippen LogP contribution in [0, 0.1) is 0 Å². The first-order valence-corrected chi connectivity index (χ1v) is 7.70. The number of hydrogen-bond acceptors (Lipinski definition) is 6. The number of hydrogen-bond donors (Lipinski definition) is 0. The van der Waals surface area contributed by atoms with Gasteiger partial charge in [0.2, 0.25) is 5.89 Å². The van der Waals surface area contributed by atoms with Crippen LogP contribution in [0.25, 0.3) is 33.9 Å². The van der Waals surface area contributed by atoms with Gasteiger partial charge in [0.1, 0.15) is 22.7 Å². The Morgan fingerprint density at radius 3 is 2.52 bits per heavy atom. The monoisotopic (exact) mass is 333 g/mol. The summed E-state index contributed by atoms with van der Waals surface area (Å²) in [5, 5.41) is 9.22. The molecule has 4 aromatic rings. The number of ether oxygens (including phenoxy) is 2. The summed E-state index contributed by atoms with van der Waals surface area (Å²) in [6.45, 7) is 0.